The van der Waals surface area contributed by atoms with Crippen molar-refractivity contribution in [3.05, 3.63) is 16.7 Å². The Hall–Kier alpha value is -2.26. The van der Waals surface area contributed by atoms with Crippen molar-refractivity contribution in [2.75, 3.05) is 18.9 Å². The highest BCUT2D eigenvalue weighted by molar-refractivity contribution is 7.32. The molecule has 3 heterocycles. The zero-order valence-corrected chi connectivity index (χ0v) is 14.2. The molecule has 140 valence electrons. The third-order valence-electron chi connectivity index (χ3n) is 3.79. The van der Waals surface area contributed by atoms with Crippen molar-refractivity contribution in [1.82, 2.24) is 19.5 Å². The molecule has 12 nitrogen and oxygen atoms in total. The summed E-state index contributed by atoms with van der Waals surface area (Å²) in [5, 5.41) is 9.52. The summed E-state index contributed by atoms with van der Waals surface area (Å²) < 4.78 is 28.7. The van der Waals surface area contributed by atoms with E-state index in [1.165, 1.54) is 10.9 Å². The van der Waals surface area contributed by atoms with Crippen LogP contribution in [0.15, 0.2) is 11.1 Å². The van der Waals surface area contributed by atoms with Gasteiger partial charge in [0.15, 0.2) is 17.4 Å². The number of terminal acetylenes is 1. The summed E-state index contributed by atoms with van der Waals surface area (Å²) in [7, 11) is -3.35. The number of hydrogen-bond acceptors (Lipinski definition) is 9. The summed E-state index contributed by atoms with van der Waals surface area (Å²) in [5.74, 6) is 2.15. The lowest BCUT2D eigenvalue weighted by atomic mass is 10.1. The predicted molar refractivity (Wildman–Crippen MR) is 88.2 cm³/mol. The van der Waals surface area contributed by atoms with E-state index in [0.29, 0.717) is 0 Å². The van der Waals surface area contributed by atoms with Crippen molar-refractivity contribution < 1.29 is 28.6 Å². The number of nitrogens with zero attached hydrogens (tertiary/aromatic N) is 3. The topological polar surface area (TPSA) is 175 Å². The maximum Gasteiger partial charge on any atom is 0.317 e. The van der Waals surface area contributed by atoms with E-state index in [4.69, 9.17) is 31.0 Å². The molecule has 0 aliphatic carbocycles. The Morgan fingerprint density at radius 2 is 2.31 bits per heavy atom. The molecule has 2 aromatic rings. The second kappa shape index (κ2) is 7.55. The van der Waals surface area contributed by atoms with Crippen LogP contribution in [0.2, 0.25) is 0 Å². The van der Waals surface area contributed by atoms with Crippen LogP contribution < -0.4 is 11.3 Å². The predicted octanol–water partition coefficient (Wildman–Crippen LogP) is -1.62. The number of ether oxygens (including phenoxy) is 2. The molecule has 26 heavy (non-hydrogen) atoms. The molecule has 5 atom stereocenters. The second-order valence-corrected chi connectivity index (χ2v) is 6.12. The molecule has 0 spiro atoms. The molecule has 1 aliphatic rings. The summed E-state index contributed by atoms with van der Waals surface area (Å²) in [5.41, 5.74) is 5.15. The van der Waals surface area contributed by atoms with Gasteiger partial charge in [-0.05, 0) is 0 Å². The lowest BCUT2D eigenvalue weighted by Gasteiger charge is -2.23. The van der Waals surface area contributed by atoms with Crippen molar-refractivity contribution in [2.24, 2.45) is 0 Å². The Morgan fingerprint density at radius 1 is 1.54 bits per heavy atom. The zero-order valence-electron chi connectivity index (χ0n) is 13.2. The van der Waals surface area contributed by atoms with Crippen LogP contribution in [0, 0.1) is 12.3 Å². The molecule has 0 radical (unpaired) electrons. The molecule has 0 saturated carbocycles. The van der Waals surface area contributed by atoms with Crippen LogP contribution in [0.5, 0.6) is 0 Å². The summed E-state index contributed by atoms with van der Waals surface area (Å²) in [6.45, 7) is -0.646. The number of aromatic amines is 1. The highest BCUT2D eigenvalue weighted by atomic mass is 31.1. The Balaban J connectivity index is 2.06. The molecule has 1 fully saturated rings. The van der Waals surface area contributed by atoms with E-state index in [0.717, 1.165) is 0 Å². The smallest absolute Gasteiger partial charge is 0.317 e. The van der Waals surface area contributed by atoms with Crippen LogP contribution in [-0.2, 0) is 18.6 Å². The van der Waals surface area contributed by atoms with E-state index in [2.05, 4.69) is 20.9 Å². The fourth-order valence-corrected chi connectivity index (χ4v) is 3.31. The summed E-state index contributed by atoms with van der Waals surface area (Å²) in [6, 6.07) is 0. The van der Waals surface area contributed by atoms with E-state index >= 15 is 0 Å². The van der Waals surface area contributed by atoms with Gasteiger partial charge in [0.2, 0.25) is 5.95 Å². The Morgan fingerprint density at radius 3 is 2.96 bits per heavy atom. The second-order valence-electron chi connectivity index (χ2n) is 5.35. The number of anilines is 1. The van der Waals surface area contributed by atoms with Crippen molar-refractivity contribution in [2.45, 2.75) is 24.5 Å². The minimum atomic E-state index is -3.35. The fourth-order valence-electron chi connectivity index (χ4n) is 2.79. The zero-order chi connectivity index (χ0) is 18.8. The number of imidazole rings is 1. The van der Waals surface area contributed by atoms with Crippen molar-refractivity contribution >= 4 is 25.4 Å². The molecule has 2 aromatic heterocycles. The average molecular weight is 385 g/mol. The van der Waals surface area contributed by atoms with Gasteiger partial charge in [0.25, 0.3) is 5.56 Å². The molecule has 1 aliphatic heterocycles. The summed E-state index contributed by atoms with van der Waals surface area (Å²) >= 11 is 0. The first-order valence-electron chi connectivity index (χ1n) is 7.39. The lowest BCUT2D eigenvalue weighted by molar-refractivity contribution is -0.0635. The normalized spacial score (nSPS) is 26.8. The highest BCUT2D eigenvalue weighted by Gasteiger charge is 2.48. The Labute approximate surface area is 146 Å². The van der Waals surface area contributed by atoms with Crippen molar-refractivity contribution in [3.63, 3.8) is 0 Å². The van der Waals surface area contributed by atoms with Crippen LogP contribution in [-0.4, -0.2) is 61.0 Å². The summed E-state index contributed by atoms with van der Waals surface area (Å²) in [4.78, 5) is 31.4. The van der Waals surface area contributed by atoms with Gasteiger partial charge < -0.3 is 29.7 Å². The van der Waals surface area contributed by atoms with E-state index < -0.39 is 45.0 Å². The number of aliphatic hydroxyl groups is 1. The first kappa shape index (κ1) is 18.5. The first-order valence-corrected chi connectivity index (χ1v) is 8.66. The maximum atomic E-state index is 11.9. The number of rotatable bonds is 6. The standard InChI is InChI=1S/C13H16N5O7P/c1-2-3-23-9-8(25-26(21)22)6(4-19)24-12(9)18-5-15-7-10(18)16-13(14)17-11(7)20/h1,5-6,8-9,12,19,26H,3-4H2,(H,21,22)(H3,14,16,17,20). The number of H-pyrrole nitrogens is 1. The van der Waals surface area contributed by atoms with Crippen LogP contribution in [0.4, 0.5) is 5.95 Å². The molecular formula is C13H16N5O7P. The molecule has 5 unspecified atom stereocenters. The molecule has 5 N–H and O–H groups in total. The van der Waals surface area contributed by atoms with Gasteiger partial charge in [-0.15, -0.1) is 6.42 Å². The number of nitrogen functional groups attached to an aromatic ring is 1. The third-order valence-corrected chi connectivity index (χ3v) is 4.26. The first-order chi connectivity index (χ1) is 12.5. The molecule has 0 bridgehead atoms. The summed E-state index contributed by atoms with van der Waals surface area (Å²) in [6.07, 6.45) is 2.49. The SMILES string of the molecule is C#CCOC1C(O[PH](=O)O)C(CO)OC1n1cnc2c(=O)[nH]c(N)nc21. The van der Waals surface area contributed by atoms with Gasteiger partial charge in [0.05, 0.1) is 12.9 Å². The number of aliphatic hydroxyl groups excluding tert-OH is 1. The van der Waals surface area contributed by atoms with E-state index in [-0.39, 0.29) is 23.7 Å². The van der Waals surface area contributed by atoms with E-state index in [1.807, 2.05) is 0 Å². The van der Waals surface area contributed by atoms with Gasteiger partial charge >= 0.3 is 8.25 Å². The Kier molecular flexibility index (Phi) is 5.38. The highest BCUT2D eigenvalue weighted by Crippen LogP contribution is 2.38. The third kappa shape index (κ3) is 3.36. The number of nitrogens with two attached hydrogens (primary N) is 1. The van der Waals surface area contributed by atoms with Gasteiger partial charge in [-0.2, -0.15) is 4.98 Å². The van der Waals surface area contributed by atoms with Gasteiger partial charge in [-0.25, -0.2) is 4.98 Å². The van der Waals surface area contributed by atoms with Gasteiger partial charge in [-0.1, -0.05) is 5.92 Å². The monoisotopic (exact) mass is 385 g/mol. The van der Waals surface area contributed by atoms with Crippen molar-refractivity contribution in [1.29, 1.82) is 0 Å². The van der Waals surface area contributed by atoms with Crippen LogP contribution >= 0.6 is 8.25 Å². The molecule has 0 amide bonds. The van der Waals surface area contributed by atoms with Crippen molar-refractivity contribution in [3.8, 4) is 12.3 Å². The van der Waals surface area contributed by atoms with E-state index in [9.17, 15) is 14.5 Å². The van der Waals surface area contributed by atoms with Gasteiger partial charge in [-0.3, -0.25) is 18.9 Å². The minimum absolute atomic E-state index is 0.0131. The van der Waals surface area contributed by atoms with Gasteiger partial charge in [0, 0.05) is 0 Å². The number of aromatic nitrogens is 4. The van der Waals surface area contributed by atoms with Crippen LogP contribution in [0.1, 0.15) is 6.23 Å². The van der Waals surface area contributed by atoms with Crippen LogP contribution in [0.25, 0.3) is 11.2 Å². The van der Waals surface area contributed by atoms with Crippen LogP contribution in [0.3, 0.4) is 0 Å². The van der Waals surface area contributed by atoms with E-state index in [1.54, 1.807) is 0 Å². The fraction of sp³-hybridized carbons (Fsp3) is 0.462. The molecule has 0 aromatic carbocycles. The number of nitrogens with one attached hydrogen (secondary N) is 1. The maximum absolute atomic E-state index is 11.9. The average Bonchev–Trinajstić information content (AvgIpc) is 3.14. The molecule has 1 saturated heterocycles. The number of hydrogen-bond donors (Lipinski definition) is 4. The molecular weight excluding hydrogens is 369 g/mol. The minimum Gasteiger partial charge on any atom is -0.394 e. The largest absolute Gasteiger partial charge is 0.394 e. The number of fused-ring (bicyclic) bond motifs is 1. The lowest BCUT2D eigenvalue weighted by Crippen LogP contribution is -2.36. The van der Waals surface area contributed by atoms with Gasteiger partial charge in [0.1, 0.15) is 24.9 Å². The molecule has 3 rings (SSSR count). The molecule has 13 heteroatoms. The Bertz CT molecular complexity index is 922. The quantitative estimate of drug-likeness (QED) is 0.334.